The second-order valence-corrected chi connectivity index (χ2v) is 4.67. The standard InChI is InChI=1S/C14H19N3O3/c1-2-20-14(19)16-12-5-9-17(10-6-12)13(18)11-3-7-15-8-4-11/h3-4,7-8,12H,2,5-6,9-10H2,1H3,(H,16,19). The van der Waals surface area contributed by atoms with Crippen molar-refractivity contribution in [2.24, 2.45) is 0 Å². The Bertz CT molecular complexity index is 456. The fourth-order valence-electron chi connectivity index (χ4n) is 2.24. The fourth-order valence-corrected chi connectivity index (χ4v) is 2.24. The van der Waals surface area contributed by atoms with Crippen LogP contribution in [0.3, 0.4) is 0 Å². The van der Waals surface area contributed by atoms with Crippen LogP contribution in [-0.4, -0.2) is 47.6 Å². The van der Waals surface area contributed by atoms with E-state index in [0.717, 1.165) is 12.8 Å². The lowest BCUT2D eigenvalue weighted by Crippen LogP contribution is -2.46. The second-order valence-electron chi connectivity index (χ2n) is 4.67. The van der Waals surface area contributed by atoms with Crippen molar-refractivity contribution < 1.29 is 14.3 Å². The van der Waals surface area contributed by atoms with Crippen molar-refractivity contribution in [3.05, 3.63) is 30.1 Å². The SMILES string of the molecule is CCOC(=O)NC1CCN(C(=O)c2ccncc2)CC1. The number of rotatable bonds is 3. The Morgan fingerprint density at radius 3 is 2.60 bits per heavy atom. The maximum Gasteiger partial charge on any atom is 0.407 e. The maximum atomic E-state index is 12.2. The van der Waals surface area contributed by atoms with Gasteiger partial charge in [0.2, 0.25) is 0 Å². The largest absolute Gasteiger partial charge is 0.450 e. The Hall–Kier alpha value is -2.11. The Morgan fingerprint density at radius 2 is 2.00 bits per heavy atom. The van der Waals surface area contributed by atoms with Gasteiger partial charge < -0.3 is 15.0 Å². The Kier molecular flexibility index (Phi) is 4.92. The van der Waals surface area contributed by atoms with Crippen LogP contribution in [0.25, 0.3) is 0 Å². The smallest absolute Gasteiger partial charge is 0.407 e. The van der Waals surface area contributed by atoms with Gasteiger partial charge in [0, 0.05) is 37.1 Å². The number of hydrogen-bond donors (Lipinski definition) is 1. The van der Waals surface area contributed by atoms with Crippen LogP contribution >= 0.6 is 0 Å². The van der Waals surface area contributed by atoms with Gasteiger partial charge in [-0.05, 0) is 31.9 Å². The highest BCUT2D eigenvalue weighted by Crippen LogP contribution is 2.13. The van der Waals surface area contributed by atoms with Crippen molar-refractivity contribution in [2.45, 2.75) is 25.8 Å². The molecule has 1 aliphatic rings. The highest BCUT2D eigenvalue weighted by Gasteiger charge is 2.24. The van der Waals surface area contributed by atoms with E-state index in [2.05, 4.69) is 10.3 Å². The first kappa shape index (κ1) is 14.3. The summed E-state index contributed by atoms with van der Waals surface area (Å²) in [5.41, 5.74) is 0.650. The number of nitrogens with zero attached hydrogens (tertiary/aromatic N) is 2. The van der Waals surface area contributed by atoms with Crippen LogP contribution < -0.4 is 5.32 Å². The zero-order valence-corrected chi connectivity index (χ0v) is 11.5. The average Bonchev–Trinajstić information content (AvgIpc) is 2.48. The summed E-state index contributed by atoms with van der Waals surface area (Å²) in [5.74, 6) is 0.0157. The number of likely N-dealkylation sites (tertiary alicyclic amines) is 1. The molecule has 0 spiro atoms. The summed E-state index contributed by atoms with van der Waals surface area (Å²) < 4.78 is 4.85. The van der Waals surface area contributed by atoms with Crippen LogP contribution in [0, 0.1) is 0 Å². The number of hydrogen-bond acceptors (Lipinski definition) is 4. The topological polar surface area (TPSA) is 71.5 Å². The average molecular weight is 277 g/mol. The Morgan fingerprint density at radius 1 is 1.35 bits per heavy atom. The molecule has 0 radical (unpaired) electrons. The van der Waals surface area contributed by atoms with Crippen molar-refractivity contribution >= 4 is 12.0 Å². The molecule has 108 valence electrons. The molecule has 1 aromatic rings. The third-order valence-electron chi connectivity index (χ3n) is 3.31. The number of aromatic nitrogens is 1. The van der Waals surface area contributed by atoms with Gasteiger partial charge >= 0.3 is 6.09 Å². The van der Waals surface area contributed by atoms with Crippen LogP contribution in [0.15, 0.2) is 24.5 Å². The fraction of sp³-hybridized carbons (Fsp3) is 0.500. The number of pyridine rings is 1. The first-order valence-corrected chi connectivity index (χ1v) is 6.83. The Balaban J connectivity index is 1.82. The van der Waals surface area contributed by atoms with E-state index >= 15 is 0 Å². The molecule has 0 saturated carbocycles. The summed E-state index contributed by atoms with van der Waals surface area (Å²) in [5, 5.41) is 2.81. The minimum absolute atomic E-state index is 0.0157. The molecule has 0 aliphatic carbocycles. The summed E-state index contributed by atoms with van der Waals surface area (Å²) in [6.07, 6.45) is 4.34. The lowest BCUT2D eigenvalue weighted by atomic mass is 10.0. The number of carbonyl (C=O) groups excluding carboxylic acids is 2. The van der Waals surface area contributed by atoms with Gasteiger partial charge in [-0.2, -0.15) is 0 Å². The van der Waals surface area contributed by atoms with E-state index < -0.39 is 0 Å². The predicted octanol–water partition coefficient (Wildman–Crippen LogP) is 1.43. The third kappa shape index (κ3) is 3.69. The van der Waals surface area contributed by atoms with Crippen LogP contribution in [-0.2, 0) is 4.74 Å². The van der Waals surface area contributed by atoms with Crippen LogP contribution in [0.1, 0.15) is 30.1 Å². The van der Waals surface area contributed by atoms with Crippen molar-refractivity contribution in [3.8, 4) is 0 Å². The number of nitrogens with one attached hydrogen (secondary N) is 1. The van der Waals surface area contributed by atoms with Gasteiger partial charge in [0.1, 0.15) is 0 Å². The lowest BCUT2D eigenvalue weighted by molar-refractivity contribution is 0.0702. The predicted molar refractivity (Wildman–Crippen MR) is 73.3 cm³/mol. The van der Waals surface area contributed by atoms with E-state index in [1.54, 1.807) is 36.4 Å². The zero-order chi connectivity index (χ0) is 14.4. The molecule has 0 atom stereocenters. The molecule has 1 saturated heterocycles. The summed E-state index contributed by atoms with van der Waals surface area (Å²) in [6.45, 7) is 3.41. The monoisotopic (exact) mass is 277 g/mol. The molecule has 0 bridgehead atoms. The molecule has 1 aromatic heterocycles. The van der Waals surface area contributed by atoms with Gasteiger partial charge in [0.25, 0.3) is 5.91 Å². The van der Waals surface area contributed by atoms with Gasteiger partial charge in [0.05, 0.1) is 6.61 Å². The van der Waals surface area contributed by atoms with E-state index in [4.69, 9.17) is 4.74 Å². The second kappa shape index (κ2) is 6.88. The highest BCUT2D eigenvalue weighted by molar-refractivity contribution is 5.94. The third-order valence-corrected chi connectivity index (χ3v) is 3.31. The van der Waals surface area contributed by atoms with Crippen LogP contribution in [0.4, 0.5) is 4.79 Å². The number of carbonyl (C=O) groups is 2. The molecule has 0 aromatic carbocycles. The number of ether oxygens (including phenoxy) is 1. The molecule has 0 unspecified atom stereocenters. The molecule has 2 amide bonds. The summed E-state index contributed by atoms with van der Waals surface area (Å²) in [4.78, 5) is 29.3. The van der Waals surface area contributed by atoms with Crippen molar-refractivity contribution in [1.82, 2.24) is 15.2 Å². The van der Waals surface area contributed by atoms with E-state index in [9.17, 15) is 9.59 Å². The van der Waals surface area contributed by atoms with Crippen LogP contribution in [0.5, 0.6) is 0 Å². The molecular formula is C14H19N3O3. The Labute approximate surface area is 118 Å². The van der Waals surface area contributed by atoms with Gasteiger partial charge in [-0.1, -0.05) is 0 Å². The number of amides is 2. The molecule has 1 aliphatic heterocycles. The van der Waals surface area contributed by atoms with E-state index in [1.807, 2.05) is 0 Å². The van der Waals surface area contributed by atoms with E-state index in [0.29, 0.717) is 25.3 Å². The number of piperidine rings is 1. The molecule has 6 nitrogen and oxygen atoms in total. The molecule has 1 fully saturated rings. The summed E-state index contributed by atoms with van der Waals surface area (Å²) in [6, 6.07) is 3.51. The minimum Gasteiger partial charge on any atom is -0.450 e. The first-order valence-electron chi connectivity index (χ1n) is 6.83. The normalized spacial score (nSPS) is 15.8. The summed E-state index contributed by atoms with van der Waals surface area (Å²) in [7, 11) is 0. The van der Waals surface area contributed by atoms with Crippen molar-refractivity contribution in [2.75, 3.05) is 19.7 Å². The quantitative estimate of drug-likeness (QED) is 0.907. The molecule has 6 heteroatoms. The van der Waals surface area contributed by atoms with Gasteiger partial charge in [0.15, 0.2) is 0 Å². The lowest BCUT2D eigenvalue weighted by Gasteiger charge is -2.32. The number of alkyl carbamates (subject to hydrolysis) is 1. The van der Waals surface area contributed by atoms with Crippen molar-refractivity contribution in [3.63, 3.8) is 0 Å². The zero-order valence-electron chi connectivity index (χ0n) is 11.5. The summed E-state index contributed by atoms with van der Waals surface area (Å²) >= 11 is 0. The molecule has 2 rings (SSSR count). The highest BCUT2D eigenvalue weighted by atomic mass is 16.5. The van der Waals surface area contributed by atoms with Crippen molar-refractivity contribution in [1.29, 1.82) is 0 Å². The van der Waals surface area contributed by atoms with E-state index in [-0.39, 0.29) is 18.0 Å². The molecular weight excluding hydrogens is 258 g/mol. The maximum absolute atomic E-state index is 12.2. The van der Waals surface area contributed by atoms with Crippen LogP contribution in [0.2, 0.25) is 0 Å². The van der Waals surface area contributed by atoms with Gasteiger partial charge in [-0.25, -0.2) is 4.79 Å². The minimum atomic E-state index is -0.383. The van der Waals surface area contributed by atoms with E-state index in [1.165, 1.54) is 0 Å². The molecule has 20 heavy (non-hydrogen) atoms. The molecule has 2 heterocycles. The molecule has 1 N–H and O–H groups in total. The van der Waals surface area contributed by atoms with Gasteiger partial charge in [-0.15, -0.1) is 0 Å². The van der Waals surface area contributed by atoms with Gasteiger partial charge in [-0.3, -0.25) is 9.78 Å². The first-order chi connectivity index (χ1) is 9.70.